The van der Waals surface area contributed by atoms with Crippen molar-refractivity contribution in [3.05, 3.63) is 58.0 Å². The summed E-state index contributed by atoms with van der Waals surface area (Å²) >= 11 is 6.07. The van der Waals surface area contributed by atoms with Crippen LogP contribution in [0.15, 0.2) is 47.5 Å². The van der Waals surface area contributed by atoms with Crippen LogP contribution < -0.4 is 10.9 Å². The first-order chi connectivity index (χ1) is 15.3. The minimum atomic E-state index is -0.802. The van der Waals surface area contributed by atoms with Crippen molar-refractivity contribution in [2.45, 2.75) is 51.1 Å². The molecule has 1 aromatic heterocycles. The van der Waals surface area contributed by atoms with E-state index >= 15 is 0 Å². The average molecular weight is 471 g/mol. The molecule has 0 spiro atoms. The Labute approximate surface area is 193 Å². The number of nitrogens with zero attached hydrogens (tertiary/aromatic N) is 3. The monoisotopic (exact) mass is 470 g/mol. The summed E-state index contributed by atoms with van der Waals surface area (Å²) in [7, 11) is 1.67. The first-order valence-electron chi connectivity index (χ1n) is 11.0. The smallest absolute Gasteiger partial charge is 0.287 e. The lowest BCUT2D eigenvalue weighted by Crippen LogP contribution is -2.43. The Balaban J connectivity index is 0.000000520. The second-order valence-electron chi connectivity index (χ2n) is 7.86. The number of anilines is 1. The van der Waals surface area contributed by atoms with E-state index in [-0.39, 0.29) is 22.2 Å². The van der Waals surface area contributed by atoms with E-state index in [4.69, 9.17) is 16.3 Å². The number of hydrogen-bond donors (Lipinski definition) is 1. The number of rotatable bonds is 6. The molecule has 0 aliphatic carbocycles. The van der Waals surface area contributed by atoms with Crippen LogP contribution in [-0.4, -0.2) is 54.1 Å². The van der Waals surface area contributed by atoms with Crippen LogP contribution >= 0.6 is 11.6 Å². The molecule has 6 nitrogen and oxygen atoms in total. The van der Waals surface area contributed by atoms with Gasteiger partial charge in [-0.15, -0.1) is 0 Å². The molecule has 2 saturated heterocycles. The molecule has 9 heteroatoms. The molecule has 2 fully saturated rings. The van der Waals surface area contributed by atoms with Gasteiger partial charge >= 0.3 is 0 Å². The fourth-order valence-electron chi connectivity index (χ4n) is 3.93. The van der Waals surface area contributed by atoms with E-state index in [0.717, 1.165) is 19.3 Å². The van der Waals surface area contributed by atoms with Crippen molar-refractivity contribution in [2.75, 3.05) is 38.7 Å². The summed E-state index contributed by atoms with van der Waals surface area (Å²) in [5.74, 6) is -1.51. The van der Waals surface area contributed by atoms with Crippen molar-refractivity contribution in [2.24, 2.45) is 0 Å². The Kier molecular flexibility index (Phi) is 10.5. The number of nitrogens with one attached hydrogen (secondary N) is 1. The van der Waals surface area contributed by atoms with Crippen LogP contribution in [0, 0.1) is 0 Å². The van der Waals surface area contributed by atoms with Crippen molar-refractivity contribution in [3.63, 3.8) is 0 Å². The molecule has 1 atom stereocenters. The maximum atomic E-state index is 13.9. The molecule has 1 N–H and O–H groups in total. The predicted molar refractivity (Wildman–Crippen MR) is 126 cm³/mol. The predicted octanol–water partition coefficient (Wildman–Crippen LogP) is 5.04. The number of piperidine rings is 1. The maximum absolute atomic E-state index is 13.9. The van der Waals surface area contributed by atoms with Gasteiger partial charge in [-0.05, 0) is 45.1 Å². The lowest BCUT2D eigenvalue weighted by Gasteiger charge is -2.36. The van der Waals surface area contributed by atoms with E-state index in [1.54, 1.807) is 14.0 Å². The largest absolute Gasteiger partial charge is 0.385 e. The average Bonchev–Trinajstić information content (AvgIpc) is 2.82. The molecular formula is C23H33ClF2N4O2. The van der Waals surface area contributed by atoms with Crippen LogP contribution in [-0.2, 0) is 4.74 Å². The molecule has 2 aliphatic rings. The van der Waals surface area contributed by atoms with Crippen LogP contribution in [0.5, 0.6) is 0 Å². The topological polar surface area (TPSA) is 59.4 Å². The van der Waals surface area contributed by atoms with Gasteiger partial charge in [0, 0.05) is 45.0 Å². The second-order valence-corrected chi connectivity index (χ2v) is 8.24. The second kappa shape index (κ2) is 12.9. The number of hydrogen-bond acceptors (Lipinski definition) is 5. The maximum Gasteiger partial charge on any atom is 0.287 e. The van der Waals surface area contributed by atoms with Crippen LogP contribution in [0.3, 0.4) is 0 Å². The Morgan fingerprint density at radius 2 is 1.94 bits per heavy atom. The van der Waals surface area contributed by atoms with E-state index in [0.29, 0.717) is 31.6 Å². The van der Waals surface area contributed by atoms with Gasteiger partial charge in [-0.1, -0.05) is 24.8 Å². The highest BCUT2D eigenvalue weighted by atomic mass is 35.5. The summed E-state index contributed by atoms with van der Waals surface area (Å²) in [6, 6.07) is -0.592. The zero-order valence-corrected chi connectivity index (χ0v) is 19.6. The fraction of sp³-hybridized carbons (Fsp3) is 0.565. The number of ether oxygens (including phenoxy) is 1. The Bertz CT molecular complexity index is 864. The quantitative estimate of drug-likeness (QED) is 0.590. The highest BCUT2D eigenvalue weighted by molar-refractivity contribution is 6.32. The molecule has 32 heavy (non-hydrogen) atoms. The summed E-state index contributed by atoms with van der Waals surface area (Å²) in [4.78, 5) is 14.3. The van der Waals surface area contributed by atoms with Crippen molar-refractivity contribution >= 4 is 17.3 Å². The number of aromatic nitrogens is 2. The Hall–Kier alpha value is -2.03. The van der Waals surface area contributed by atoms with Gasteiger partial charge in [0.1, 0.15) is 16.7 Å². The van der Waals surface area contributed by atoms with Gasteiger partial charge in [-0.2, -0.15) is 5.10 Å². The highest BCUT2D eigenvalue weighted by Gasteiger charge is 2.29. The summed E-state index contributed by atoms with van der Waals surface area (Å²) in [5, 5.41) is 7.11. The first kappa shape index (κ1) is 26.2. The van der Waals surface area contributed by atoms with Crippen LogP contribution in [0.1, 0.15) is 45.1 Å². The first-order valence-corrected chi connectivity index (χ1v) is 11.3. The van der Waals surface area contributed by atoms with Gasteiger partial charge in [0.25, 0.3) is 5.56 Å². The van der Waals surface area contributed by atoms with E-state index in [1.165, 1.54) is 30.1 Å². The minimum Gasteiger partial charge on any atom is -0.385 e. The Morgan fingerprint density at radius 1 is 1.31 bits per heavy atom. The van der Waals surface area contributed by atoms with Gasteiger partial charge in [-0.3, -0.25) is 9.69 Å². The summed E-state index contributed by atoms with van der Waals surface area (Å²) < 4.78 is 34.1. The van der Waals surface area contributed by atoms with Crippen molar-refractivity contribution in [3.8, 4) is 0 Å². The molecule has 3 heterocycles. The third kappa shape index (κ3) is 6.73. The van der Waals surface area contributed by atoms with E-state index in [2.05, 4.69) is 23.6 Å². The number of halogens is 3. The zero-order valence-electron chi connectivity index (χ0n) is 18.9. The Morgan fingerprint density at radius 3 is 2.38 bits per heavy atom. The molecule has 0 saturated carbocycles. The molecular weight excluding hydrogens is 438 g/mol. The van der Waals surface area contributed by atoms with Gasteiger partial charge in [0.05, 0.1) is 17.9 Å². The normalized spacial score (nSPS) is 19.3. The van der Waals surface area contributed by atoms with Gasteiger partial charge in [0.15, 0.2) is 0 Å². The highest BCUT2D eigenvalue weighted by Crippen LogP contribution is 2.29. The van der Waals surface area contributed by atoms with Gasteiger partial charge < -0.3 is 10.1 Å². The molecule has 1 unspecified atom stereocenters. The van der Waals surface area contributed by atoms with Crippen LogP contribution in [0.4, 0.5) is 14.5 Å². The van der Waals surface area contributed by atoms with Crippen molar-refractivity contribution < 1.29 is 13.5 Å². The van der Waals surface area contributed by atoms with E-state index < -0.39 is 17.7 Å². The summed E-state index contributed by atoms with van der Waals surface area (Å²) in [5.41, 5.74) is 0.0470. The molecule has 0 aromatic carbocycles. The van der Waals surface area contributed by atoms with E-state index in [9.17, 15) is 13.6 Å². The van der Waals surface area contributed by atoms with Crippen molar-refractivity contribution in [1.82, 2.24) is 14.7 Å². The third-order valence-corrected chi connectivity index (χ3v) is 6.19. The van der Waals surface area contributed by atoms with Crippen LogP contribution in [0.25, 0.3) is 0 Å². The molecule has 0 radical (unpaired) electrons. The molecule has 0 amide bonds. The molecule has 178 valence electrons. The van der Waals surface area contributed by atoms with Gasteiger partial charge in [-0.25, -0.2) is 13.5 Å². The SMILES string of the molecule is C1CCOCC1.C=C/C(F)=C(\C(=C)F)C(C)N1CCC(n2ncc(NC)c(Cl)c2=O)CC1. The third-order valence-electron chi connectivity index (χ3n) is 5.83. The zero-order chi connectivity index (χ0) is 23.7. The molecule has 0 bridgehead atoms. The molecule has 2 aliphatic heterocycles. The lowest BCUT2D eigenvalue weighted by molar-refractivity contribution is 0.0968. The number of likely N-dealkylation sites (tertiary alicyclic amines) is 1. The minimum absolute atomic E-state index is 0.0878. The van der Waals surface area contributed by atoms with E-state index in [1.807, 2.05) is 4.90 Å². The number of allylic oxidation sites excluding steroid dienone is 2. The van der Waals surface area contributed by atoms with Crippen molar-refractivity contribution in [1.29, 1.82) is 0 Å². The standard InChI is InChI=1S/C18H23ClF2N4O.C5H10O/c1-5-14(21)16(11(2)20)12(3)24-8-6-13(7-9-24)25-18(26)17(19)15(22-4)10-23-25;1-2-4-6-5-3-1/h5,10,12-13,22H,1-2,6-9H2,3-4H3;1-5H2/b16-14-;. The lowest BCUT2D eigenvalue weighted by atomic mass is 9.99. The van der Waals surface area contributed by atoms with Gasteiger partial charge in [0.2, 0.25) is 0 Å². The molecule has 1 aromatic rings. The summed E-state index contributed by atoms with van der Waals surface area (Å²) in [6.07, 6.45) is 7.67. The molecule has 3 rings (SSSR count). The van der Waals surface area contributed by atoms with Crippen LogP contribution in [0.2, 0.25) is 5.02 Å². The summed E-state index contributed by atoms with van der Waals surface area (Å²) in [6.45, 7) is 11.4. The fourth-order valence-corrected chi connectivity index (χ4v) is 4.16.